The number of ketones is 1. The van der Waals surface area contributed by atoms with Gasteiger partial charge in [0.15, 0.2) is 5.78 Å². The molecule has 0 fully saturated rings. The van der Waals surface area contributed by atoms with E-state index in [-0.39, 0.29) is 17.8 Å². The van der Waals surface area contributed by atoms with Gasteiger partial charge in [-0.3, -0.25) is 9.18 Å². The molecule has 1 heterocycles. The van der Waals surface area contributed by atoms with Gasteiger partial charge in [-0.2, -0.15) is 0 Å². The van der Waals surface area contributed by atoms with Gasteiger partial charge in [0.1, 0.15) is 17.2 Å². The van der Waals surface area contributed by atoms with Gasteiger partial charge in [0.25, 0.3) is 0 Å². The van der Waals surface area contributed by atoms with Gasteiger partial charge in [-0.25, -0.2) is 9.18 Å². The zero-order chi connectivity index (χ0) is 24.2. The van der Waals surface area contributed by atoms with Crippen molar-refractivity contribution in [2.24, 2.45) is 0 Å². The Labute approximate surface area is 195 Å². The summed E-state index contributed by atoms with van der Waals surface area (Å²) in [7, 11) is 0. The van der Waals surface area contributed by atoms with Crippen LogP contribution in [0.15, 0.2) is 65.1 Å². The molecule has 4 rings (SSSR count). The fraction of sp³-hybridized carbons (Fsp3) is 0.185. The van der Waals surface area contributed by atoms with Crippen LogP contribution in [-0.2, 0) is 0 Å². The monoisotopic (exact) mass is 463 g/mol. The molecule has 0 saturated carbocycles. The summed E-state index contributed by atoms with van der Waals surface area (Å²) in [5.41, 5.74) is 3.42. The van der Waals surface area contributed by atoms with Crippen LogP contribution in [0, 0.1) is 5.82 Å². The summed E-state index contributed by atoms with van der Waals surface area (Å²) in [5.74, 6) is -1.25. The van der Waals surface area contributed by atoms with E-state index in [0.717, 1.165) is 0 Å². The van der Waals surface area contributed by atoms with E-state index < -0.39 is 18.5 Å². The number of nitrogens with one attached hydrogen (secondary N) is 1. The summed E-state index contributed by atoms with van der Waals surface area (Å²) < 4.78 is 32.3. The van der Waals surface area contributed by atoms with Crippen LogP contribution < -0.4 is 5.32 Å². The van der Waals surface area contributed by atoms with E-state index in [1.165, 1.54) is 18.2 Å². The fourth-order valence-corrected chi connectivity index (χ4v) is 3.90. The van der Waals surface area contributed by atoms with Gasteiger partial charge in [-0.05, 0) is 54.4 Å². The first-order valence-electron chi connectivity index (χ1n) is 11.0. The van der Waals surface area contributed by atoms with Gasteiger partial charge < -0.3 is 14.8 Å². The highest BCUT2D eigenvalue weighted by Gasteiger charge is 2.23. The van der Waals surface area contributed by atoms with Crippen molar-refractivity contribution in [2.45, 2.75) is 19.8 Å². The summed E-state index contributed by atoms with van der Waals surface area (Å²) in [5, 5.41) is 13.2. The van der Waals surface area contributed by atoms with Crippen LogP contribution in [0.25, 0.3) is 33.4 Å². The topological polar surface area (TPSA) is 79.5 Å². The molecule has 0 aliphatic carbocycles. The molecule has 0 radical (unpaired) electrons. The molecular formula is C27H23F2NO4. The molecule has 0 saturated heterocycles. The predicted octanol–water partition coefficient (Wildman–Crippen LogP) is 6.97. The SMILES string of the molecule is CCC(=O)c1c(-c2ccc(F)cc2)oc2cc(NCCCF)c(-c3cccc(C(=O)O)c3)cc12. The van der Waals surface area contributed by atoms with Gasteiger partial charge >= 0.3 is 5.97 Å². The Morgan fingerprint density at radius 1 is 1.03 bits per heavy atom. The first kappa shape index (κ1) is 23.2. The smallest absolute Gasteiger partial charge is 0.335 e. The number of halogens is 2. The Morgan fingerprint density at radius 2 is 1.79 bits per heavy atom. The van der Waals surface area contributed by atoms with Crippen LogP contribution in [0.1, 0.15) is 40.5 Å². The lowest BCUT2D eigenvalue weighted by Crippen LogP contribution is -2.04. The van der Waals surface area contributed by atoms with Crippen LogP contribution >= 0.6 is 0 Å². The van der Waals surface area contributed by atoms with E-state index >= 15 is 0 Å². The van der Waals surface area contributed by atoms with Crippen molar-refractivity contribution in [1.82, 2.24) is 0 Å². The van der Waals surface area contributed by atoms with Crippen LogP contribution in [-0.4, -0.2) is 30.1 Å². The number of anilines is 1. The molecule has 34 heavy (non-hydrogen) atoms. The Hall–Kier alpha value is -4.00. The first-order chi connectivity index (χ1) is 16.4. The van der Waals surface area contributed by atoms with Crippen molar-refractivity contribution in [1.29, 1.82) is 0 Å². The summed E-state index contributed by atoms with van der Waals surface area (Å²) in [6.45, 7) is 1.63. The van der Waals surface area contributed by atoms with E-state index in [1.807, 2.05) is 0 Å². The van der Waals surface area contributed by atoms with Gasteiger partial charge in [0, 0.05) is 41.2 Å². The molecule has 174 valence electrons. The van der Waals surface area contributed by atoms with Crippen molar-refractivity contribution in [3.05, 3.63) is 77.6 Å². The van der Waals surface area contributed by atoms with E-state index in [9.17, 15) is 23.5 Å². The lowest BCUT2D eigenvalue weighted by molar-refractivity contribution is 0.0696. The fourth-order valence-electron chi connectivity index (χ4n) is 3.90. The minimum atomic E-state index is -1.06. The maximum Gasteiger partial charge on any atom is 0.335 e. The number of carbonyl (C=O) groups excluding carboxylic acids is 1. The van der Waals surface area contributed by atoms with E-state index in [4.69, 9.17) is 4.42 Å². The van der Waals surface area contributed by atoms with Crippen molar-refractivity contribution in [3.8, 4) is 22.5 Å². The molecule has 2 N–H and O–H groups in total. The average Bonchev–Trinajstić information content (AvgIpc) is 3.22. The molecule has 0 unspecified atom stereocenters. The molecule has 5 nitrogen and oxygen atoms in total. The van der Waals surface area contributed by atoms with Crippen molar-refractivity contribution in [2.75, 3.05) is 18.5 Å². The lowest BCUT2D eigenvalue weighted by atomic mass is 9.95. The number of Topliss-reactive ketones (excluding diaryl/α,β-unsaturated/α-hetero) is 1. The number of fused-ring (bicyclic) bond motifs is 1. The minimum absolute atomic E-state index is 0.122. The lowest BCUT2D eigenvalue weighted by Gasteiger charge is -2.13. The third kappa shape index (κ3) is 4.55. The second-order valence-corrected chi connectivity index (χ2v) is 7.84. The highest BCUT2D eigenvalue weighted by Crippen LogP contribution is 2.40. The largest absolute Gasteiger partial charge is 0.478 e. The maximum atomic E-state index is 13.5. The van der Waals surface area contributed by atoms with Crippen LogP contribution in [0.2, 0.25) is 0 Å². The van der Waals surface area contributed by atoms with E-state index in [0.29, 0.717) is 57.6 Å². The number of hydrogen-bond donors (Lipinski definition) is 2. The number of hydrogen-bond acceptors (Lipinski definition) is 4. The Bertz CT molecular complexity index is 1360. The number of furan rings is 1. The van der Waals surface area contributed by atoms with E-state index in [2.05, 4.69) is 5.32 Å². The number of aromatic carboxylic acids is 1. The van der Waals surface area contributed by atoms with Crippen molar-refractivity contribution >= 4 is 28.4 Å². The molecule has 4 aromatic rings. The van der Waals surface area contributed by atoms with Crippen molar-refractivity contribution in [3.63, 3.8) is 0 Å². The zero-order valence-corrected chi connectivity index (χ0v) is 18.5. The van der Waals surface area contributed by atoms with Gasteiger partial charge in [-0.15, -0.1) is 0 Å². The van der Waals surface area contributed by atoms with Gasteiger partial charge in [-0.1, -0.05) is 19.1 Å². The number of carbonyl (C=O) groups is 2. The first-order valence-corrected chi connectivity index (χ1v) is 11.0. The number of carboxylic acids is 1. The van der Waals surface area contributed by atoms with E-state index in [1.54, 1.807) is 49.4 Å². The summed E-state index contributed by atoms with van der Waals surface area (Å²) in [6.07, 6.45) is 0.536. The number of benzene rings is 3. The molecule has 0 aliphatic heterocycles. The second-order valence-electron chi connectivity index (χ2n) is 7.84. The Balaban J connectivity index is 1.97. The van der Waals surface area contributed by atoms with Crippen LogP contribution in [0.5, 0.6) is 0 Å². The number of rotatable bonds is 9. The predicted molar refractivity (Wildman–Crippen MR) is 128 cm³/mol. The molecule has 7 heteroatoms. The van der Waals surface area contributed by atoms with Crippen LogP contribution in [0.3, 0.4) is 0 Å². The number of alkyl halides is 1. The standard InChI is InChI=1S/C27H23F2NO4/c1-2-23(31)25-21-14-20(17-5-3-6-18(13-17)27(32)33)22(30-12-4-11-28)15-24(21)34-26(25)16-7-9-19(29)10-8-16/h3,5-10,13-15,30H,2,4,11-12H2,1H3,(H,32,33). The molecule has 0 spiro atoms. The molecular weight excluding hydrogens is 440 g/mol. The molecule has 3 aromatic carbocycles. The summed E-state index contributed by atoms with van der Waals surface area (Å²) in [6, 6.07) is 15.7. The normalized spacial score (nSPS) is 11.0. The average molecular weight is 463 g/mol. The molecule has 0 aliphatic rings. The Morgan fingerprint density at radius 3 is 2.47 bits per heavy atom. The third-order valence-corrected chi connectivity index (χ3v) is 5.58. The molecule has 0 amide bonds. The Kier molecular flexibility index (Phi) is 6.72. The summed E-state index contributed by atoms with van der Waals surface area (Å²) >= 11 is 0. The van der Waals surface area contributed by atoms with Gasteiger partial charge in [0.2, 0.25) is 0 Å². The second kappa shape index (κ2) is 9.87. The van der Waals surface area contributed by atoms with Gasteiger partial charge in [0.05, 0.1) is 17.8 Å². The highest BCUT2D eigenvalue weighted by atomic mass is 19.1. The quantitative estimate of drug-likeness (QED) is 0.207. The summed E-state index contributed by atoms with van der Waals surface area (Å²) in [4.78, 5) is 24.5. The van der Waals surface area contributed by atoms with Crippen molar-refractivity contribution < 1.29 is 27.9 Å². The molecule has 1 aromatic heterocycles. The number of carboxylic acid groups (broad SMARTS) is 1. The molecule has 0 bridgehead atoms. The maximum absolute atomic E-state index is 13.5. The van der Waals surface area contributed by atoms with Crippen LogP contribution in [0.4, 0.5) is 14.5 Å². The third-order valence-electron chi connectivity index (χ3n) is 5.58. The highest BCUT2D eigenvalue weighted by molar-refractivity contribution is 6.13. The minimum Gasteiger partial charge on any atom is -0.478 e. The molecule has 0 atom stereocenters. The zero-order valence-electron chi connectivity index (χ0n) is 18.5.